The van der Waals surface area contributed by atoms with Crippen LogP contribution in [0.2, 0.25) is 0 Å². The summed E-state index contributed by atoms with van der Waals surface area (Å²) in [5.41, 5.74) is 0.951. The highest BCUT2D eigenvalue weighted by atomic mass is 16.5. The third-order valence-electron chi connectivity index (χ3n) is 4.65. The van der Waals surface area contributed by atoms with E-state index in [1.54, 1.807) is 37.4 Å². The Morgan fingerprint density at radius 1 is 0.966 bits per heavy atom. The van der Waals surface area contributed by atoms with Crippen molar-refractivity contribution >= 4 is 23.6 Å². The molecule has 0 spiro atoms. The van der Waals surface area contributed by atoms with Crippen molar-refractivity contribution in [3.63, 3.8) is 0 Å². The number of hydrogen-bond donors (Lipinski definition) is 0. The lowest BCUT2D eigenvalue weighted by atomic mass is 10.1. The van der Waals surface area contributed by atoms with Crippen LogP contribution in [0.15, 0.2) is 48.5 Å². The highest BCUT2D eigenvalue weighted by Gasteiger charge is 2.35. The van der Waals surface area contributed by atoms with Crippen LogP contribution in [0, 0.1) is 0 Å². The molecular weight excluding hydrogens is 374 g/mol. The standard InChI is InChI=1S/C22H21NO6/c1-14(19(24)15-7-4-3-5-8-15)29-22(27)16-9-10-17-18(13-16)21(26)23(20(17)25)11-6-12-28-2/h3-5,7-10,13-14H,6,11-12H2,1-2H3/t14-/m1/s1. The molecule has 0 aromatic heterocycles. The maximum Gasteiger partial charge on any atom is 0.338 e. The molecule has 3 rings (SSSR count). The number of rotatable bonds is 8. The lowest BCUT2D eigenvalue weighted by molar-refractivity contribution is 0.0318. The smallest absolute Gasteiger partial charge is 0.338 e. The Balaban J connectivity index is 1.72. The number of amides is 2. The molecule has 0 aliphatic carbocycles. The molecule has 0 fully saturated rings. The van der Waals surface area contributed by atoms with Gasteiger partial charge in [-0.25, -0.2) is 4.79 Å². The van der Waals surface area contributed by atoms with Crippen LogP contribution in [0.1, 0.15) is 54.8 Å². The van der Waals surface area contributed by atoms with Gasteiger partial charge in [-0.2, -0.15) is 0 Å². The molecule has 0 N–H and O–H groups in total. The zero-order valence-corrected chi connectivity index (χ0v) is 16.2. The minimum absolute atomic E-state index is 0.108. The largest absolute Gasteiger partial charge is 0.451 e. The predicted molar refractivity (Wildman–Crippen MR) is 104 cm³/mol. The fourth-order valence-electron chi connectivity index (χ4n) is 3.11. The van der Waals surface area contributed by atoms with Crippen molar-refractivity contribution in [2.24, 2.45) is 0 Å². The van der Waals surface area contributed by atoms with Gasteiger partial charge in [-0.1, -0.05) is 30.3 Å². The molecule has 0 radical (unpaired) electrons. The molecule has 1 atom stereocenters. The molecule has 1 aliphatic rings. The van der Waals surface area contributed by atoms with Gasteiger partial charge >= 0.3 is 5.97 Å². The second-order valence-corrected chi connectivity index (χ2v) is 6.65. The van der Waals surface area contributed by atoms with E-state index in [1.165, 1.54) is 25.1 Å². The van der Waals surface area contributed by atoms with E-state index in [2.05, 4.69) is 0 Å². The number of ketones is 1. The van der Waals surface area contributed by atoms with Gasteiger partial charge in [-0.3, -0.25) is 19.3 Å². The average molecular weight is 395 g/mol. The molecule has 29 heavy (non-hydrogen) atoms. The molecule has 0 unspecified atom stereocenters. The van der Waals surface area contributed by atoms with Crippen LogP contribution in [-0.2, 0) is 9.47 Å². The molecule has 1 heterocycles. The molecule has 0 saturated heterocycles. The van der Waals surface area contributed by atoms with Crippen LogP contribution in [0.25, 0.3) is 0 Å². The zero-order valence-electron chi connectivity index (χ0n) is 16.2. The minimum Gasteiger partial charge on any atom is -0.451 e. The van der Waals surface area contributed by atoms with Crippen molar-refractivity contribution in [1.82, 2.24) is 4.90 Å². The Morgan fingerprint density at radius 3 is 2.34 bits per heavy atom. The van der Waals surface area contributed by atoms with Crippen molar-refractivity contribution < 1.29 is 28.7 Å². The first-order valence-electron chi connectivity index (χ1n) is 9.23. The van der Waals surface area contributed by atoms with E-state index in [0.717, 1.165) is 4.90 Å². The van der Waals surface area contributed by atoms with E-state index in [-0.39, 0.29) is 29.0 Å². The first-order valence-corrected chi connectivity index (χ1v) is 9.23. The number of carbonyl (C=O) groups excluding carboxylic acids is 4. The van der Waals surface area contributed by atoms with Crippen LogP contribution < -0.4 is 0 Å². The van der Waals surface area contributed by atoms with Crippen LogP contribution >= 0.6 is 0 Å². The molecule has 7 heteroatoms. The Kier molecular flexibility index (Phi) is 6.19. The average Bonchev–Trinajstić information content (AvgIpc) is 2.98. The van der Waals surface area contributed by atoms with Crippen molar-refractivity contribution in [2.45, 2.75) is 19.4 Å². The normalized spacial score (nSPS) is 13.9. The van der Waals surface area contributed by atoms with Crippen molar-refractivity contribution in [1.29, 1.82) is 0 Å². The third-order valence-corrected chi connectivity index (χ3v) is 4.65. The second kappa shape index (κ2) is 8.79. The maximum atomic E-state index is 12.5. The van der Waals surface area contributed by atoms with Gasteiger partial charge in [0.25, 0.3) is 11.8 Å². The van der Waals surface area contributed by atoms with Gasteiger partial charge in [0.1, 0.15) is 0 Å². The Labute approximate surface area is 168 Å². The summed E-state index contributed by atoms with van der Waals surface area (Å²) in [6, 6.07) is 12.7. The molecule has 2 amide bonds. The van der Waals surface area contributed by atoms with Gasteiger partial charge in [0.2, 0.25) is 5.78 Å². The second-order valence-electron chi connectivity index (χ2n) is 6.65. The summed E-state index contributed by atoms with van der Waals surface area (Å²) in [5.74, 6) is -1.91. The van der Waals surface area contributed by atoms with Gasteiger partial charge in [-0.15, -0.1) is 0 Å². The minimum atomic E-state index is -0.985. The molecule has 1 aliphatic heterocycles. The monoisotopic (exact) mass is 395 g/mol. The van der Waals surface area contributed by atoms with Crippen molar-refractivity contribution in [3.05, 3.63) is 70.8 Å². The quantitative estimate of drug-likeness (QED) is 0.295. The fraction of sp³-hybridized carbons (Fsp3) is 0.273. The molecule has 2 aromatic carbocycles. The van der Waals surface area contributed by atoms with Gasteiger partial charge in [0.15, 0.2) is 6.10 Å². The Morgan fingerprint density at radius 2 is 1.66 bits per heavy atom. The summed E-state index contributed by atoms with van der Waals surface area (Å²) in [5, 5.41) is 0. The SMILES string of the molecule is COCCCN1C(=O)c2ccc(C(=O)O[C@H](C)C(=O)c3ccccc3)cc2C1=O. The molecule has 150 valence electrons. The van der Waals surface area contributed by atoms with Gasteiger partial charge in [0.05, 0.1) is 16.7 Å². The Bertz CT molecular complexity index is 953. The molecule has 0 saturated carbocycles. The lowest BCUT2D eigenvalue weighted by Crippen LogP contribution is -2.31. The molecule has 7 nitrogen and oxygen atoms in total. The van der Waals surface area contributed by atoms with Crippen LogP contribution in [-0.4, -0.2) is 54.8 Å². The third kappa shape index (κ3) is 4.25. The van der Waals surface area contributed by atoms with E-state index in [0.29, 0.717) is 18.6 Å². The number of methoxy groups -OCH3 is 1. The molecule has 0 bridgehead atoms. The van der Waals surface area contributed by atoms with Crippen LogP contribution in [0.4, 0.5) is 0 Å². The number of hydrogen-bond acceptors (Lipinski definition) is 6. The summed E-state index contributed by atoms with van der Waals surface area (Å²) in [6.07, 6.45) is -0.461. The number of benzene rings is 2. The highest BCUT2D eigenvalue weighted by Crippen LogP contribution is 2.25. The topological polar surface area (TPSA) is 90.0 Å². The van der Waals surface area contributed by atoms with E-state index in [4.69, 9.17) is 9.47 Å². The number of imide groups is 1. The number of carbonyl (C=O) groups is 4. The first-order chi connectivity index (χ1) is 13.9. The number of nitrogens with zero attached hydrogens (tertiary/aromatic N) is 1. The maximum absolute atomic E-state index is 12.5. The lowest BCUT2D eigenvalue weighted by Gasteiger charge is -2.13. The van der Waals surface area contributed by atoms with E-state index in [1.807, 2.05) is 0 Å². The van der Waals surface area contributed by atoms with Crippen LogP contribution in [0.5, 0.6) is 0 Å². The summed E-state index contributed by atoms with van der Waals surface area (Å²) < 4.78 is 10.2. The fourth-order valence-corrected chi connectivity index (χ4v) is 3.11. The predicted octanol–water partition coefficient (Wildman–Crippen LogP) is 2.75. The van der Waals surface area contributed by atoms with Gasteiger partial charge in [0, 0.05) is 25.8 Å². The first kappa shape index (κ1) is 20.4. The Hall–Kier alpha value is -3.32. The summed E-state index contributed by atoms with van der Waals surface area (Å²) >= 11 is 0. The van der Waals surface area contributed by atoms with Gasteiger partial charge in [-0.05, 0) is 31.5 Å². The number of Topliss-reactive ketones (excluding diaryl/α,β-unsaturated/α-hetero) is 1. The zero-order chi connectivity index (χ0) is 21.0. The number of fused-ring (bicyclic) bond motifs is 1. The van der Waals surface area contributed by atoms with Crippen LogP contribution in [0.3, 0.4) is 0 Å². The van der Waals surface area contributed by atoms with E-state index >= 15 is 0 Å². The summed E-state index contributed by atoms with van der Waals surface area (Å²) in [4.78, 5) is 50.9. The van der Waals surface area contributed by atoms with E-state index in [9.17, 15) is 19.2 Å². The van der Waals surface area contributed by atoms with Crippen molar-refractivity contribution in [2.75, 3.05) is 20.3 Å². The summed E-state index contributed by atoms with van der Waals surface area (Å²) in [6.45, 7) is 2.16. The number of esters is 1. The van der Waals surface area contributed by atoms with Gasteiger partial charge < -0.3 is 9.47 Å². The van der Waals surface area contributed by atoms with Crippen molar-refractivity contribution in [3.8, 4) is 0 Å². The van der Waals surface area contributed by atoms with E-state index < -0.39 is 23.9 Å². The number of ether oxygens (including phenoxy) is 2. The summed E-state index contributed by atoms with van der Waals surface area (Å²) in [7, 11) is 1.55. The highest BCUT2D eigenvalue weighted by molar-refractivity contribution is 6.22. The molecular formula is C22H21NO6. The molecule has 2 aromatic rings.